The van der Waals surface area contributed by atoms with E-state index in [0.29, 0.717) is 4.47 Å². The fourth-order valence-corrected chi connectivity index (χ4v) is 2.71. The predicted octanol–water partition coefficient (Wildman–Crippen LogP) is 4.09. The summed E-state index contributed by atoms with van der Waals surface area (Å²) in [7, 11) is 3.61. The number of ether oxygens (including phenoxy) is 1. The molecule has 0 aliphatic heterocycles. The average Bonchev–Trinajstić information content (AvgIpc) is 2.50. The molecular weight excluding hydrogens is 333 g/mol. The zero-order valence-electron chi connectivity index (χ0n) is 12.2. The van der Waals surface area contributed by atoms with Crippen molar-refractivity contribution in [2.45, 2.75) is 12.5 Å². The van der Waals surface area contributed by atoms with Gasteiger partial charge in [-0.2, -0.15) is 0 Å². The first-order valence-electron chi connectivity index (χ1n) is 6.85. The van der Waals surface area contributed by atoms with Gasteiger partial charge in [-0.1, -0.05) is 30.3 Å². The van der Waals surface area contributed by atoms with Crippen molar-refractivity contribution in [2.75, 3.05) is 20.8 Å². The van der Waals surface area contributed by atoms with Gasteiger partial charge in [0.05, 0.1) is 17.1 Å². The molecule has 4 heteroatoms. The average molecular weight is 352 g/mol. The van der Waals surface area contributed by atoms with Crippen LogP contribution in [0, 0.1) is 5.82 Å². The van der Waals surface area contributed by atoms with Crippen molar-refractivity contribution in [1.29, 1.82) is 0 Å². The lowest BCUT2D eigenvalue weighted by atomic mass is 9.97. The van der Waals surface area contributed by atoms with Crippen LogP contribution in [-0.2, 0) is 11.2 Å². The Kier molecular flexibility index (Phi) is 5.91. The van der Waals surface area contributed by atoms with Crippen molar-refractivity contribution >= 4 is 15.9 Å². The minimum Gasteiger partial charge on any atom is -0.384 e. The third-order valence-corrected chi connectivity index (χ3v) is 4.08. The van der Waals surface area contributed by atoms with Gasteiger partial charge in [0.15, 0.2) is 0 Å². The summed E-state index contributed by atoms with van der Waals surface area (Å²) in [5.74, 6) is -0.247. The molecular formula is C17H19BrFNO. The first-order valence-corrected chi connectivity index (χ1v) is 7.65. The molecule has 2 nitrogen and oxygen atoms in total. The summed E-state index contributed by atoms with van der Waals surface area (Å²) < 4.78 is 18.9. The van der Waals surface area contributed by atoms with Gasteiger partial charge in [0, 0.05) is 7.11 Å². The summed E-state index contributed by atoms with van der Waals surface area (Å²) in [6.07, 6.45) is 0.906. The number of halogens is 2. The van der Waals surface area contributed by atoms with Crippen molar-refractivity contribution in [3.63, 3.8) is 0 Å². The van der Waals surface area contributed by atoms with Crippen LogP contribution in [0.25, 0.3) is 0 Å². The van der Waals surface area contributed by atoms with Crippen molar-refractivity contribution in [3.05, 3.63) is 69.4 Å². The van der Waals surface area contributed by atoms with Crippen LogP contribution < -0.4 is 5.32 Å². The summed E-state index contributed by atoms with van der Waals surface area (Å²) in [6.45, 7) is 0.722. The van der Waals surface area contributed by atoms with E-state index in [9.17, 15) is 4.39 Å². The Bertz CT molecular complexity index is 586. The third kappa shape index (κ3) is 4.13. The highest BCUT2D eigenvalue weighted by molar-refractivity contribution is 9.10. The second-order valence-corrected chi connectivity index (χ2v) is 5.73. The molecule has 0 heterocycles. The van der Waals surface area contributed by atoms with Crippen LogP contribution in [0.15, 0.2) is 46.9 Å². The lowest BCUT2D eigenvalue weighted by molar-refractivity contribution is 0.202. The number of nitrogens with one attached hydrogen (secondary N) is 1. The minimum absolute atomic E-state index is 0.0402. The molecule has 0 aromatic heterocycles. The summed E-state index contributed by atoms with van der Waals surface area (Å²) in [5, 5.41) is 3.28. The third-order valence-electron chi connectivity index (χ3n) is 3.47. The molecule has 1 N–H and O–H groups in total. The van der Waals surface area contributed by atoms with Gasteiger partial charge in [-0.3, -0.25) is 0 Å². The van der Waals surface area contributed by atoms with Crippen LogP contribution in [0.3, 0.4) is 0 Å². The van der Waals surface area contributed by atoms with E-state index in [4.69, 9.17) is 4.74 Å². The molecule has 0 aliphatic rings. The molecule has 0 radical (unpaired) electrons. The number of hydrogen-bond acceptors (Lipinski definition) is 2. The van der Waals surface area contributed by atoms with E-state index in [-0.39, 0.29) is 11.9 Å². The predicted molar refractivity (Wildman–Crippen MR) is 87.0 cm³/mol. The maximum atomic E-state index is 13.4. The van der Waals surface area contributed by atoms with Crippen molar-refractivity contribution in [3.8, 4) is 0 Å². The van der Waals surface area contributed by atoms with Gasteiger partial charge >= 0.3 is 0 Å². The van der Waals surface area contributed by atoms with E-state index in [1.165, 1.54) is 11.6 Å². The first kappa shape index (κ1) is 16.1. The highest BCUT2D eigenvalue weighted by atomic mass is 79.9. The smallest absolute Gasteiger partial charge is 0.137 e. The summed E-state index contributed by atoms with van der Waals surface area (Å²) >= 11 is 3.24. The monoisotopic (exact) mass is 351 g/mol. The highest BCUT2D eigenvalue weighted by Gasteiger charge is 2.13. The molecule has 0 saturated carbocycles. The maximum absolute atomic E-state index is 13.4. The fraction of sp³-hybridized carbons (Fsp3) is 0.294. The molecule has 2 aromatic rings. The van der Waals surface area contributed by atoms with Gasteiger partial charge in [-0.05, 0) is 58.2 Å². The van der Waals surface area contributed by atoms with Crippen LogP contribution in [0.1, 0.15) is 22.7 Å². The van der Waals surface area contributed by atoms with Gasteiger partial charge in [0.2, 0.25) is 0 Å². The molecule has 2 rings (SSSR count). The largest absolute Gasteiger partial charge is 0.384 e. The number of rotatable bonds is 6. The molecule has 21 heavy (non-hydrogen) atoms. The summed E-state index contributed by atoms with van der Waals surface area (Å²) in [4.78, 5) is 0. The lowest BCUT2D eigenvalue weighted by Gasteiger charge is -2.18. The molecule has 2 aromatic carbocycles. The number of methoxy groups -OCH3 is 1. The summed E-state index contributed by atoms with van der Waals surface area (Å²) in [5.41, 5.74) is 3.42. The van der Waals surface area contributed by atoms with E-state index < -0.39 is 0 Å². The van der Waals surface area contributed by atoms with Crippen molar-refractivity contribution in [2.24, 2.45) is 0 Å². The van der Waals surface area contributed by atoms with E-state index >= 15 is 0 Å². The van der Waals surface area contributed by atoms with Crippen LogP contribution in [0.5, 0.6) is 0 Å². The fourth-order valence-electron chi connectivity index (χ4n) is 2.31. The van der Waals surface area contributed by atoms with E-state index in [0.717, 1.165) is 24.2 Å². The van der Waals surface area contributed by atoms with Crippen LogP contribution in [0.2, 0.25) is 0 Å². The van der Waals surface area contributed by atoms with E-state index in [1.54, 1.807) is 13.2 Å². The second kappa shape index (κ2) is 7.69. The Balaban J connectivity index is 2.22. The van der Waals surface area contributed by atoms with Crippen molar-refractivity contribution in [1.82, 2.24) is 5.32 Å². The van der Waals surface area contributed by atoms with Crippen LogP contribution >= 0.6 is 15.9 Å². The molecule has 0 saturated heterocycles. The van der Waals surface area contributed by atoms with Crippen LogP contribution in [0.4, 0.5) is 4.39 Å². The molecule has 0 bridgehead atoms. The Morgan fingerprint density at radius 3 is 2.38 bits per heavy atom. The molecule has 0 amide bonds. The van der Waals surface area contributed by atoms with Crippen molar-refractivity contribution < 1.29 is 9.13 Å². The Labute approximate surface area is 133 Å². The molecule has 0 spiro atoms. The number of benzene rings is 2. The SMILES string of the molecule is CNC(c1ccc(CCOC)cc1)c1ccc(F)c(Br)c1. The minimum atomic E-state index is -0.247. The topological polar surface area (TPSA) is 21.3 Å². The van der Waals surface area contributed by atoms with Gasteiger partial charge < -0.3 is 10.1 Å². The van der Waals surface area contributed by atoms with Crippen LogP contribution in [-0.4, -0.2) is 20.8 Å². The van der Waals surface area contributed by atoms with Gasteiger partial charge in [0.25, 0.3) is 0 Å². The molecule has 0 aliphatic carbocycles. The first-order chi connectivity index (χ1) is 10.2. The second-order valence-electron chi connectivity index (χ2n) is 4.88. The van der Waals surface area contributed by atoms with E-state index in [1.807, 2.05) is 13.1 Å². The van der Waals surface area contributed by atoms with Gasteiger partial charge in [-0.15, -0.1) is 0 Å². The Morgan fingerprint density at radius 1 is 1.14 bits per heavy atom. The standard InChI is InChI=1S/C17H19BrFNO/c1-20-17(14-7-8-16(19)15(18)11-14)13-5-3-12(4-6-13)9-10-21-2/h3-8,11,17,20H,9-10H2,1-2H3. The normalized spacial score (nSPS) is 12.4. The Morgan fingerprint density at radius 2 is 1.81 bits per heavy atom. The zero-order chi connectivity index (χ0) is 15.2. The number of hydrogen-bond donors (Lipinski definition) is 1. The zero-order valence-corrected chi connectivity index (χ0v) is 13.8. The molecule has 0 fully saturated rings. The lowest BCUT2D eigenvalue weighted by Crippen LogP contribution is -2.17. The summed E-state index contributed by atoms with van der Waals surface area (Å²) in [6, 6.07) is 13.6. The maximum Gasteiger partial charge on any atom is 0.137 e. The quantitative estimate of drug-likeness (QED) is 0.846. The molecule has 1 unspecified atom stereocenters. The molecule has 112 valence electrons. The van der Waals surface area contributed by atoms with Gasteiger partial charge in [0.1, 0.15) is 5.82 Å². The van der Waals surface area contributed by atoms with Gasteiger partial charge in [-0.25, -0.2) is 4.39 Å². The van der Waals surface area contributed by atoms with E-state index in [2.05, 4.69) is 45.5 Å². The highest BCUT2D eigenvalue weighted by Crippen LogP contribution is 2.26. The Hall–Kier alpha value is -1.23. The molecule has 1 atom stereocenters.